The molecule has 3 aliphatic heterocycles. The second kappa shape index (κ2) is 44.4. The van der Waals surface area contributed by atoms with Crippen LogP contribution in [-0.2, 0) is 66.7 Å². The average Bonchev–Trinajstić information content (AvgIpc) is 1.97. The van der Waals surface area contributed by atoms with Gasteiger partial charge in [-0.15, -0.1) is 0 Å². The van der Waals surface area contributed by atoms with E-state index in [-0.39, 0.29) is 93.7 Å². The molecule has 0 radical (unpaired) electrons. The number of ether oxygens (including phenoxy) is 8. The first-order chi connectivity index (χ1) is 41.6. The number of carbonyl (C=O) groups excluding carboxylic acids is 6. The fourth-order valence-electron chi connectivity index (χ4n) is 10.5. The number of carbonyl (C=O) groups is 6. The van der Waals surface area contributed by atoms with E-state index in [9.17, 15) is 74.7 Å². The Hall–Kier alpha value is -3.06. The van der Waals surface area contributed by atoms with Crippen molar-refractivity contribution in [3.63, 3.8) is 0 Å². The molecule has 0 saturated carbocycles. The molecule has 25 heteroatoms. The quantitative estimate of drug-likeness (QED) is 0.0389. The highest BCUT2D eigenvalue weighted by Crippen LogP contribution is 2.30. The molecular weight excluding hydrogens is 1140 g/mol. The van der Waals surface area contributed by atoms with Crippen LogP contribution in [0.25, 0.3) is 0 Å². The summed E-state index contributed by atoms with van der Waals surface area (Å²) < 4.78 is 45.9. The van der Waals surface area contributed by atoms with Gasteiger partial charge in [0.1, 0.15) is 59.8 Å². The van der Waals surface area contributed by atoms with Crippen LogP contribution >= 0.6 is 0 Å². The zero-order valence-electron chi connectivity index (χ0n) is 52.4. The van der Waals surface area contributed by atoms with Crippen molar-refractivity contribution in [2.45, 2.75) is 256 Å². The van der Waals surface area contributed by atoms with Crippen molar-refractivity contribution >= 4 is 34.9 Å². The summed E-state index contributed by atoms with van der Waals surface area (Å²) in [4.78, 5) is 76.0. The van der Waals surface area contributed by atoms with Crippen LogP contribution in [0.2, 0.25) is 0 Å². The van der Waals surface area contributed by atoms with Crippen molar-refractivity contribution in [3.05, 3.63) is 0 Å². The van der Waals surface area contributed by atoms with E-state index in [2.05, 4.69) is 10.6 Å². The van der Waals surface area contributed by atoms with Crippen LogP contribution in [0.3, 0.4) is 0 Å². The predicted molar refractivity (Wildman–Crippen MR) is 315 cm³/mol. The second-order valence-corrected chi connectivity index (χ2v) is 24.4. The lowest BCUT2D eigenvalue weighted by Crippen LogP contribution is -2.55. The lowest BCUT2D eigenvalue weighted by atomic mass is 9.87. The number of hydrogen-bond donors (Lipinski definition) is 11. The first kappa shape index (κ1) is 78.2. The van der Waals surface area contributed by atoms with Gasteiger partial charge in [0.2, 0.25) is 11.8 Å². The highest BCUT2D eigenvalue weighted by Gasteiger charge is 2.44. The maximum atomic E-state index is 13.0. The van der Waals surface area contributed by atoms with E-state index in [4.69, 9.17) is 37.9 Å². The van der Waals surface area contributed by atoms with E-state index in [1.807, 2.05) is 6.92 Å². The van der Waals surface area contributed by atoms with Gasteiger partial charge in [0.05, 0.1) is 64.6 Å². The number of ketones is 4. The number of rotatable bonds is 50. The van der Waals surface area contributed by atoms with Crippen molar-refractivity contribution in [1.29, 1.82) is 0 Å². The molecule has 25 nitrogen and oxygen atoms in total. The van der Waals surface area contributed by atoms with Gasteiger partial charge in [-0.3, -0.25) is 28.8 Å². The average molecular weight is 1250 g/mol. The molecule has 0 spiro atoms. The summed E-state index contributed by atoms with van der Waals surface area (Å²) >= 11 is 0. The predicted octanol–water partition coefficient (Wildman–Crippen LogP) is 2.17. The smallest absolute Gasteiger partial charge is 0.220 e. The largest absolute Gasteiger partial charge is 0.394 e. The van der Waals surface area contributed by atoms with E-state index >= 15 is 0 Å². The molecule has 506 valence electrons. The molecular formula is C62H110N2O23. The zero-order chi connectivity index (χ0) is 64.2. The van der Waals surface area contributed by atoms with Crippen LogP contribution in [0, 0.1) is 23.2 Å². The fourth-order valence-corrected chi connectivity index (χ4v) is 10.5. The number of amides is 2. The summed E-state index contributed by atoms with van der Waals surface area (Å²) in [5, 5.41) is 94.7. The molecule has 0 aromatic heterocycles. The molecule has 0 aromatic rings. The van der Waals surface area contributed by atoms with Gasteiger partial charge >= 0.3 is 0 Å². The van der Waals surface area contributed by atoms with Crippen molar-refractivity contribution in [2.75, 3.05) is 79.2 Å². The molecule has 3 fully saturated rings. The number of hydrogen-bond acceptors (Lipinski definition) is 23. The molecule has 11 N–H and O–H groups in total. The first-order valence-corrected chi connectivity index (χ1v) is 32.1. The summed E-state index contributed by atoms with van der Waals surface area (Å²) in [5.41, 5.74) is -0.629. The van der Waals surface area contributed by atoms with Gasteiger partial charge in [-0.2, -0.15) is 0 Å². The number of unbranched alkanes of at least 4 members (excludes halogenated alkanes) is 7. The Bertz CT molecular complexity index is 1840. The normalized spacial score (nSPS) is 28.2. The van der Waals surface area contributed by atoms with Gasteiger partial charge in [-0.25, -0.2) is 0 Å². The Morgan fingerprint density at radius 3 is 1.01 bits per heavy atom. The molecule has 0 bridgehead atoms. The summed E-state index contributed by atoms with van der Waals surface area (Å²) in [7, 11) is 0. The van der Waals surface area contributed by atoms with Crippen LogP contribution in [0.15, 0.2) is 0 Å². The van der Waals surface area contributed by atoms with E-state index in [1.165, 1.54) is 0 Å². The Balaban J connectivity index is 1.31. The molecule has 15 unspecified atom stereocenters. The van der Waals surface area contributed by atoms with Crippen molar-refractivity contribution in [2.24, 2.45) is 23.2 Å². The van der Waals surface area contributed by atoms with E-state index in [1.54, 1.807) is 20.8 Å². The number of aliphatic hydroxyl groups excluding tert-OH is 9. The third kappa shape index (κ3) is 30.7. The molecule has 0 aliphatic carbocycles. The summed E-state index contributed by atoms with van der Waals surface area (Å²) in [6.07, 6.45) is -0.280. The van der Waals surface area contributed by atoms with Crippen LogP contribution < -0.4 is 10.6 Å². The molecule has 3 saturated heterocycles. The van der Waals surface area contributed by atoms with Gasteiger partial charge in [-0.05, 0) is 77.0 Å². The van der Waals surface area contributed by atoms with Gasteiger partial charge in [0.15, 0.2) is 18.9 Å². The second-order valence-electron chi connectivity index (χ2n) is 24.4. The number of aliphatic hydroxyl groups is 9. The monoisotopic (exact) mass is 1250 g/mol. The third-order valence-electron chi connectivity index (χ3n) is 16.6. The molecule has 3 heterocycles. The highest BCUT2D eigenvalue weighted by molar-refractivity contribution is 5.80. The third-order valence-corrected chi connectivity index (χ3v) is 16.6. The fraction of sp³-hybridized carbons (Fsp3) is 0.903. The van der Waals surface area contributed by atoms with E-state index in [0.717, 1.165) is 12.8 Å². The first-order valence-electron chi connectivity index (χ1n) is 32.1. The van der Waals surface area contributed by atoms with Crippen molar-refractivity contribution in [3.8, 4) is 0 Å². The standard InChI is InChI=1S/C62H110N2O23/c1-41-53(74)56(77)48(36-65)85-59(41)82-31-14-11-22-44(68)18-7-5-9-20-46(70)26-34-80-39-62(4,28-25-52(73)64-30-17-29-63-51(72)24-13-16-33-84-61-43(3)55(76)58(79)50(38-67)87-61)40-81-35-27-47(71)21-10-6-8-19-45(69)23-12-15-32-83-60-42(2)54(75)57(78)49(37-66)86-60/h41-43,48-50,53-61,65-67,74-79H,5-40H2,1-4H3,(H,63,72)(H,64,73). The highest BCUT2D eigenvalue weighted by atomic mass is 16.7. The lowest BCUT2D eigenvalue weighted by Gasteiger charge is -2.40. The minimum atomic E-state index is -1.21. The summed E-state index contributed by atoms with van der Waals surface area (Å²) in [6.45, 7) is 7.99. The maximum absolute atomic E-state index is 13.0. The minimum Gasteiger partial charge on any atom is -0.394 e. The molecule has 2 amide bonds. The SMILES string of the molecule is CC1C(OCCCCC(=O)CCCCCC(=O)CCOCC(C)(CCC(=O)NCCCNC(=O)CCCCOC2OC(CO)C(O)C(O)C2C)COCCC(=O)CCCCCC(=O)CCCCOC2OC(CO)C(O)C(O)C2C)OC(CO)C(O)C1O. The lowest BCUT2D eigenvalue weighted by molar-refractivity contribution is -0.282. The van der Waals surface area contributed by atoms with Crippen molar-refractivity contribution in [1.82, 2.24) is 10.6 Å². The van der Waals surface area contributed by atoms with Crippen LogP contribution in [-0.4, -0.2) is 234 Å². The topological polar surface area (TPSA) is 382 Å². The zero-order valence-corrected chi connectivity index (χ0v) is 52.4. The van der Waals surface area contributed by atoms with Crippen LogP contribution in [0.4, 0.5) is 0 Å². The van der Waals surface area contributed by atoms with Crippen LogP contribution in [0.5, 0.6) is 0 Å². The van der Waals surface area contributed by atoms with Gasteiger partial charge in [0.25, 0.3) is 0 Å². The minimum absolute atomic E-state index is 0.0413. The number of Topliss-reactive ketones (excluding diaryl/α,β-unsaturated/α-hetero) is 4. The number of nitrogens with one attached hydrogen (secondary N) is 2. The molecule has 87 heavy (non-hydrogen) atoms. The van der Waals surface area contributed by atoms with E-state index in [0.29, 0.717) is 142 Å². The Kier molecular flexibility index (Phi) is 39.9. The van der Waals surface area contributed by atoms with Gasteiger partial charge in [-0.1, -0.05) is 40.5 Å². The molecule has 3 aliphatic rings. The maximum Gasteiger partial charge on any atom is 0.220 e. The molecule has 15 atom stereocenters. The Morgan fingerprint density at radius 1 is 0.379 bits per heavy atom. The van der Waals surface area contributed by atoms with Gasteiger partial charge in [0, 0.05) is 120 Å². The van der Waals surface area contributed by atoms with Gasteiger partial charge < -0.3 is 94.5 Å². The van der Waals surface area contributed by atoms with Crippen molar-refractivity contribution < 1.29 is 113 Å². The summed E-state index contributed by atoms with van der Waals surface area (Å²) in [5.74, 6) is -1.46. The van der Waals surface area contributed by atoms with E-state index < -0.39 is 117 Å². The Morgan fingerprint density at radius 2 is 0.678 bits per heavy atom. The molecule has 3 rings (SSSR count). The summed E-state index contributed by atoms with van der Waals surface area (Å²) in [6, 6.07) is 0. The molecule has 0 aromatic carbocycles. The Labute approximate surface area is 514 Å². The van der Waals surface area contributed by atoms with Crippen LogP contribution in [0.1, 0.15) is 182 Å².